The van der Waals surface area contributed by atoms with E-state index < -0.39 is 5.60 Å². The summed E-state index contributed by atoms with van der Waals surface area (Å²) in [7, 11) is 0. The molecule has 0 saturated heterocycles. The first-order chi connectivity index (χ1) is 7.56. The van der Waals surface area contributed by atoms with Crippen LogP contribution in [-0.4, -0.2) is 29.7 Å². The lowest BCUT2D eigenvalue weighted by atomic mass is 10.0. The average molecular weight is 228 g/mol. The Morgan fingerprint density at radius 3 is 2.69 bits per heavy atom. The van der Waals surface area contributed by atoms with Gasteiger partial charge in [0.05, 0.1) is 5.60 Å². The van der Waals surface area contributed by atoms with Gasteiger partial charge in [-0.25, -0.2) is 0 Å². The molecule has 94 valence electrons. The molecular weight excluding hydrogens is 204 g/mol. The van der Waals surface area contributed by atoms with Crippen LogP contribution in [-0.2, 0) is 4.79 Å². The Morgan fingerprint density at radius 2 is 2.12 bits per heavy atom. The molecule has 16 heavy (non-hydrogen) atoms. The minimum atomic E-state index is -0.644. The van der Waals surface area contributed by atoms with E-state index in [4.69, 9.17) is 5.73 Å². The van der Waals surface area contributed by atoms with E-state index in [2.05, 4.69) is 5.32 Å². The molecule has 1 aliphatic carbocycles. The first kappa shape index (κ1) is 13.5. The zero-order chi connectivity index (χ0) is 12.0. The van der Waals surface area contributed by atoms with Gasteiger partial charge in [-0.05, 0) is 31.7 Å². The molecule has 0 bridgehead atoms. The predicted octanol–water partition coefficient (Wildman–Crippen LogP) is 0.783. The van der Waals surface area contributed by atoms with Crippen LogP contribution in [0.1, 0.15) is 45.4 Å². The van der Waals surface area contributed by atoms with E-state index in [0.29, 0.717) is 25.4 Å². The van der Waals surface area contributed by atoms with Gasteiger partial charge in [-0.2, -0.15) is 0 Å². The second kappa shape index (κ2) is 6.21. The molecular formula is C12H24N2O2. The van der Waals surface area contributed by atoms with Crippen molar-refractivity contribution in [3.05, 3.63) is 0 Å². The maximum Gasteiger partial charge on any atom is 0.220 e. The molecule has 1 atom stereocenters. The van der Waals surface area contributed by atoms with Gasteiger partial charge >= 0.3 is 0 Å². The van der Waals surface area contributed by atoms with E-state index in [-0.39, 0.29) is 5.91 Å². The first-order valence-corrected chi connectivity index (χ1v) is 6.25. The highest BCUT2D eigenvalue weighted by Gasteiger charge is 2.31. The van der Waals surface area contributed by atoms with Crippen LogP contribution in [0.3, 0.4) is 0 Å². The number of hydrogen-bond acceptors (Lipinski definition) is 3. The van der Waals surface area contributed by atoms with Gasteiger partial charge in [0.25, 0.3) is 0 Å². The largest absolute Gasteiger partial charge is 0.388 e. The van der Waals surface area contributed by atoms with Crippen LogP contribution in [0.4, 0.5) is 0 Å². The van der Waals surface area contributed by atoms with Gasteiger partial charge in [0.15, 0.2) is 0 Å². The Hall–Kier alpha value is -0.610. The van der Waals surface area contributed by atoms with Crippen LogP contribution < -0.4 is 11.1 Å². The Kier molecular flexibility index (Phi) is 5.22. The third kappa shape index (κ3) is 4.49. The van der Waals surface area contributed by atoms with E-state index in [9.17, 15) is 9.90 Å². The Labute approximate surface area is 97.6 Å². The Bertz CT molecular complexity index is 225. The maximum atomic E-state index is 11.5. The lowest BCUT2D eigenvalue weighted by Gasteiger charge is -2.22. The normalized spacial score (nSPS) is 20.7. The number of amides is 1. The lowest BCUT2D eigenvalue weighted by Crippen LogP contribution is -2.40. The standard InChI is InChI=1S/C12H24N2O2/c1-10(8-13)4-5-11(15)14-9-12(16)6-2-3-7-12/h10,16H,2-9,13H2,1H3,(H,14,15). The fourth-order valence-electron chi connectivity index (χ4n) is 2.06. The summed E-state index contributed by atoms with van der Waals surface area (Å²) >= 11 is 0. The monoisotopic (exact) mass is 228 g/mol. The molecule has 0 heterocycles. The summed E-state index contributed by atoms with van der Waals surface area (Å²) in [6, 6.07) is 0. The number of nitrogens with one attached hydrogen (secondary N) is 1. The van der Waals surface area contributed by atoms with Crippen molar-refractivity contribution in [1.82, 2.24) is 5.32 Å². The molecule has 1 saturated carbocycles. The van der Waals surface area contributed by atoms with Gasteiger partial charge in [-0.1, -0.05) is 19.8 Å². The summed E-state index contributed by atoms with van der Waals surface area (Å²) < 4.78 is 0. The average Bonchev–Trinajstić information content (AvgIpc) is 2.71. The van der Waals surface area contributed by atoms with Gasteiger partial charge in [0.2, 0.25) is 5.91 Å². The van der Waals surface area contributed by atoms with Crippen molar-refractivity contribution in [2.75, 3.05) is 13.1 Å². The molecule has 0 radical (unpaired) electrons. The third-order valence-corrected chi connectivity index (χ3v) is 3.42. The van der Waals surface area contributed by atoms with Crippen LogP contribution in [0.5, 0.6) is 0 Å². The summed E-state index contributed by atoms with van der Waals surface area (Å²) in [4.78, 5) is 11.5. The lowest BCUT2D eigenvalue weighted by molar-refractivity contribution is -0.122. The van der Waals surface area contributed by atoms with Gasteiger partial charge in [0, 0.05) is 13.0 Å². The van der Waals surface area contributed by atoms with E-state index in [1.54, 1.807) is 0 Å². The van der Waals surface area contributed by atoms with Crippen molar-refractivity contribution in [1.29, 1.82) is 0 Å². The SMILES string of the molecule is CC(CN)CCC(=O)NCC1(O)CCCC1. The van der Waals surface area contributed by atoms with Crippen LogP contribution in [0, 0.1) is 5.92 Å². The molecule has 1 aliphatic rings. The molecule has 1 rings (SSSR count). The number of hydrogen-bond donors (Lipinski definition) is 3. The summed E-state index contributed by atoms with van der Waals surface area (Å²) in [6.45, 7) is 3.07. The van der Waals surface area contributed by atoms with Crippen molar-refractivity contribution >= 4 is 5.91 Å². The molecule has 1 amide bonds. The second-order valence-corrected chi connectivity index (χ2v) is 5.09. The summed E-state index contributed by atoms with van der Waals surface area (Å²) in [5.41, 5.74) is 4.84. The van der Waals surface area contributed by atoms with Gasteiger partial charge in [0.1, 0.15) is 0 Å². The summed E-state index contributed by atoms with van der Waals surface area (Å²) in [5, 5.41) is 12.8. The van der Waals surface area contributed by atoms with Crippen molar-refractivity contribution in [3.8, 4) is 0 Å². The quantitative estimate of drug-likeness (QED) is 0.629. The van der Waals surface area contributed by atoms with Crippen molar-refractivity contribution in [2.24, 2.45) is 11.7 Å². The zero-order valence-electron chi connectivity index (χ0n) is 10.2. The van der Waals surface area contributed by atoms with Crippen LogP contribution >= 0.6 is 0 Å². The molecule has 4 N–H and O–H groups in total. The third-order valence-electron chi connectivity index (χ3n) is 3.42. The smallest absolute Gasteiger partial charge is 0.220 e. The fraction of sp³-hybridized carbons (Fsp3) is 0.917. The molecule has 1 unspecified atom stereocenters. The second-order valence-electron chi connectivity index (χ2n) is 5.09. The minimum Gasteiger partial charge on any atom is -0.388 e. The summed E-state index contributed by atoms with van der Waals surface area (Å²) in [6.07, 6.45) is 5.08. The number of carbonyl (C=O) groups is 1. The highest BCUT2D eigenvalue weighted by Crippen LogP contribution is 2.28. The molecule has 0 aromatic heterocycles. The van der Waals surface area contributed by atoms with Crippen LogP contribution in [0.25, 0.3) is 0 Å². The molecule has 4 nitrogen and oxygen atoms in total. The highest BCUT2D eigenvalue weighted by molar-refractivity contribution is 5.75. The molecule has 1 fully saturated rings. The molecule has 0 aliphatic heterocycles. The van der Waals surface area contributed by atoms with Crippen molar-refractivity contribution < 1.29 is 9.90 Å². The topological polar surface area (TPSA) is 75.4 Å². The van der Waals surface area contributed by atoms with E-state index in [0.717, 1.165) is 32.1 Å². The number of carbonyl (C=O) groups excluding carboxylic acids is 1. The minimum absolute atomic E-state index is 0.0284. The number of rotatable bonds is 6. The van der Waals surface area contributed by atoms with Gasteiger partial charge < -0.3 is 16.2 Å². The number of aliphatic hydroxyl groups is 1. The molecule has 0 aromatic carbocycles. The maximum absolute atomic E-state index is 11.5. The molecule has 0 spiro atoms. The van der Waals surface area contributed by atoms with Crippen LogP contribution in [0.2, 0.25) is 0 Å². The number of nitrogens with two attached hydrogens (primary N) is 1. The van der Waals surface area contributed by atoms with E-state index >= 15 is 0 Å². The fourth-order valence-corrected chi connectivity index (χ4v) is 2.06. The highest BCUT2D eigenvalue weighted by atomic mass is 16.3. The van der Waals surface area contributed by atoms with Crippen molar-refractivity contribution in [2.45, 2.75) is 51.0 Å². The van der Waals surface area contributed by atoms with E-state index in [1.807, 2.05) is 6.92 Å². The van der Waals surface area contributed by atoms with E-state index in [1.165, 1.54) is 0 Å². The van der Waals surface area contributed by atoms with Gasteiger partial charge in [-0.3, -0.25) is 4.79 Å². The Morgan fingerprint density at radius 1 is 1.50 bits per heavy atom. The summed E-state index contributed by atoms with van der Waals surface area (Å²) in [5.74, 6) is 0.418. The van der Waals surface area contributed by atoms with Crippen molar-refractivity contribution in [3.63, 3.8) is 0 Å². The molecule has 0 aromatic rings. The predicted molar refractivity (Wildman–Crippen MR) is 63.9 cm³/mol. The first-order valence-electron chi connectivity index (χ1n) is 6.25. The van der Waals surface area contributed by atoms with Gasteiger partial charge in [-0.15, -0.1) is 0 Å². The van der Waals surface area contributed by atoms with Crippen LogP contribution in [0.15, 0.2) is 0 Å². The zero-order valence-corrected chi connectivity index (χ0v) is 10.2. The Balaban J connectivity index is 2.14. The molecule has 4 heteroatoms.